The minimum Gasteiger partial charge on any atom is -0.321 e. The number of carbonyl (C=O) groups excluding carboxylic acids is 2. The lowest BCUT2D eigenvalue weighted by Gasteiger charge is -2.07. The SMILES string of the molecule is O=Cc1cc(I)ccc1NC(=O)c1ccccc1. The average Bonchev–Trinajstić information content (AvgIpc) is 2.41. The lowest BCUT2D eigenvalue weighted by molar-refractivity contribution is 0.102. The van der Waals surface area contributed by atoms with Gasteiger partial charge in [-0.05, 0) is 52.9 Å². The molecule has 1 N–H and O–H groups in total. The molecular formula is C14H10INO2. The number of hydrogen-bond donors (Lipinski definition) is 1. The van der Waals surface area contributed by atoms with E-state index >= 15 is 0 Å². The Labute approximate surface area is 118 Å². The van der Waals surface area contributed by atoms with Crippen LogP contribution in [0.15, 0.2) is 48.5 Å². The molecule has 3 nitrogen and oxygen atoms in total. The van der Waals surface area contributed by atoms with Gasteiger partial charge in [0.1, 0.15) is 0 Å². The Morgan fingerprint density at radius 2 is 1.83 bits per heavy atom. The molecule has 0 aromatic heterocycles. The Bertz CT molecular complexity index is 582. The van der Waals surface area contributed by atoms with E-state index in [1.54, 1.807) is 36.4 Å². The molecule has 0 saturated heterocycles. The number of benzene rings is 2. The van der Waals surface area contributed by atoms with Gasteiger partial charge >= 0.3 is 0 Å². The van der Waals surface area contributed by atoms with E-state index in [2.05, 4.69) is 27.9 Å². The second-order valence-corrected chi connectivity index (χ2v) is 4.92. The van der Waals surface area contributed by atoms with Gasteiger partial charge in [-0.3, -0.25) is 9.59 Å². The van der Waals surface area contributed by atoms with Crippen LogP contribution in [0.2, 0.25) is 0 Å². The Morgan fingerprint density at radius 3 is 2.50 bits per heavy atom. The van der Waals surface area contributed by atoms with Crippen LogP contribution in [0.4, 0.5) is 5.69 Å². The van der Waals surface area contributed by atoms with Crippen molar-refractivity contribution in [2.75, 3.05) is 5.32 Å². The first-order valence-corrected chi connectivity index (χ1v) is 6.39. The van der Waals surface area contributed by atoms with E-state index in [1.807, 2.05) is 12.1 Å². The van der Waals surface area contributed by atoms with E-state index in [9.17, 15) is 9.59 Å². The first kappa shape index (κ1) is 12.8. The fourth-order valence-corrected chi connectivity index (χ4v) is 2.04. The van der Waals surface area contributed by atoms with Gasteiger partial charge in [-0.15, -0.1) is 0 Å². The molecule has 2 rings (SSSR count). The highest BCUT2D eigenvalue weighted by atomic mass is 127. The van der Waals surface area contributed by atoms with E-state index in [0.717, 1.165) is 9.86 Å². The molecule has 0 saturated carbocycles. The van der Waals surface area contributed by atoms with Crippen LogP contribution in [0, 0.1) is 3.57 Å². The molecule has 0 spiro atoms. The number of hydrogen-bond acceptors (Lipinski definition) is 2. The van der Waals surface area contributed by atoms with Gasteiger partial charge < -0.3 is 5.32 Å². The molecule has 0 aliphatic heterocycles. The third kappa shape index (κ3) is 2.95. The molecule has 0 unspecified atom stereocenters. The molecule has 1 amide bonds. The molecule has 0 aliphatic carbocycles. The summed E-state index contributed by atoms with van der Waals surface area (Å²) in [5.41, 5.74) is 1.57. The predicted octanol–water partition coefficient (Wildman–Crippen LogP) is 3.36. The zero-order valence-electron chi connectivity index (χ0n) is 9.39. The largest absolute Gasteiger partial charge is 0.321 e. The molecular weight excluding hydrogens is 341 g/mol. The van der Waals surface area contributed by atoms with E-state index in [4.69, 9.17) is 0 Å². The summed E-state index contributed by atoms with van der Waals surface area (Å²) >= 11 is 2.12. The van der Waals surface area contributed by atoms with Crippen LogP contribution >= 0.6 is 22.6 Å². The molecule has 0 heterocycles. The minimum absolute atomic E-state index is 0.222. The van der Waals surface area contributed by atoms with Gasteiger partial charge in [-0.2, -0.15) is 0 Å². The fraction of sp³-hybridized carbons (Fsp3) is 0. The molecule has 4 heteroatoms. The highest BCUT2D eigenvalue weighted by Gasteiger charge is 2.08. The summed E-state index contributed by atoms with van der Waals surface area (Å²) in [6, 6.07) is 14.2. The maximum Gasteiger partial charge on any atom is 0.255 e. The van der Waals surface area contributed by atoms with Crippen molar-refractivity contribution in [3.8, 4) is 0 Å². The second-order valence-electron chi connectivity index (χ2n) is 3.67. The Balaban J connectivity index is 2.25. The Morgan fingerprint density at radius 1 is 1.11 bits per heavy atom. The molecule has 0 bridgehead atoms. The van der Waals surface area contributed by atoms with Gasteiger partial charge in [-0.25, -0.2) is 0 Å². The number of amides is 1. The summed E-state index contributed by atoms with van der Waals surface area (Å²) in [5.74, 6) is -0.222. The summed E-state index contributed by atoms with van der Waals surface area (Å²) in [6.45, 7) is 0. The number of anilines is 1. The molecule has 0 fully saturated rings. The maximum absolute atomic E-state index is 11.9. The van der Waals surface area contributed by atoms with Crippen molar-refractivity contribution >= 4 is 40.5 Å². The molecule has 0 aliphatic rings. The normalized spacial score (nSPS) is 9.83. The molecule has 2 aromatic carbocycles. The van der Waals surface area contributed by atoms with Crippen LogP contribution in [-0.4, -0.2) is 12.2 Å². The molecule has 90 valence electrons. The van der Waals surface area contributed by atoms with Gasteiger partial charge in [-0.1, -0.05) is 18.2 Å². The highest BCUT2D eigenvalue weighted by molar-refractivity contribution is 14.1. The molecule has 2 aromatic rings. The zero-order chi connectivity index (χ0) is 13.0. The number of halogens is 1. The Hall–Kier alpha value is -1.69. The highest BCUT2D eigenvalue weighted by Crippen LogP contribution is 2.18. The fourth-order valence-electron chi connectivity index (χ4n) is 1.53. The van der Waals surface area contributed by atoms with E-state index in [1.165, 1.54) is 0 Å². The third-order valence-corrected chi connectivity index (χ3v) is 3.10. The van der Waals surface area contributed by atoms with Gasteiger partial charge in [0.25, 0.3) is 5.91 Å². The van der Waals surface area contributed by atoms with Gasteiger partial charge in [0.2, 0.25) is 0 Å². The number of carbonyl (C=O) groups is 2. The van der Waals surface area contributed by atoms with Gasteiger partial charge in [0.15, 0.2) is 6.29 Å². The van der Waals surface area contributed by atoms with Crippen molar-refractivity contribution in [2.45, 2.75) is 0 Å². The van der Waals surface area contributed by atoms with Crippen LogP contribution in [0.1, 0.15) is 20.7 Å². The monoisotopic (exact) mass is 351 g/mol. The Kier molecular flexibility index (Phi) is 4.09. The standard InChI is InChI=1S/C14H10INO2/c15-12-6-7-13(11(8-12)9-17)16-14(18)10-4-2-1-3-5-10/h1-9H,(H,16,18). The number of rotatable bonds is 3. The van der Waals surface area contributed by atoms with Crippen LogP contribution in [0.3, 0.4) is 0 Å². The van der Waals surface area contributed by atoms with Crippen molar-refractivity contribution < 1.29 is 9.59 Å². The van der Waals surface area contributed by atoms with Crippen LogP contribution < -0.4 is 5.32 Å². The van der Waals surface area contributed by atoms with Crippen molar-refractivity contribution in [2.24, 2.45) is 0 Å². The van der Waals surface area contributed by atoms with E-state index in [0.29, 0.717) is 16.8 Å². The van der Waals surface area contributed by atoms with Crippen LogP contribution in [0.25, 0.3) is 0 Å². The zero-order valence-corrected chi connectivity index (χ0v) is 11.5. The van der Waals surface area contributed by atoms with Crippen molar-refractivity contribution in [3.63, 3.8) is 0 Å². The summed E-state index contributed by atoms with van der Waals surface area (Å²) in [4.78, 5) is 22.9. The minimum atomic E-state index is -0.222. The molecule has 18 heavy (non-hydrogen) atoms. The van der Waals surface area contributed by atoms with E-state index in [-0.39, 0.29) is 5.91 Å². The van der Waals surface area contributed by atoms with Crippen molar-refractivity contribution in [3.05, 3.63) is 63.2 Å². The molecule has 0 atom stereocenters. The smallest absolute Gasteiger partial charge is 0.255 e. The first-order valence-electron chi connectivity index (χ1n) is 5.32. The van der Waals surface area contributed by atoms with Crippen LogP contribution in [0.5, 0.6) is 0 Å². The lowest BCUT2D eigenvalue weighted by Crippen LogP contribution is -2.13. The average molecular weight is 351 g/mol. The van der Waals surface area contributed by atoms with E-state index < -0.39 is 0 Å². The summed E-state index contributed by atoms with van der Waals surface area (Å²) in [7, 11) is 0. The van der Waals surface area contributed by atoms with Gasteiger partial charge in [0.05, 0.1) is 5.69 Å². The third-order valence-electron chi connectivity index (χ3n) is 2.42. The quantitative estimate of drug-likeness (QED) is 0.681. The second kappa shape index (κ2) is 5.77. The first-order chi connectivity index (χ1) is 8.70. The van der Waals surface area contributed by atoms with Gasteiger partial charge in [0, 0.05) is 14.7 Å². The number of aldehydes is 1. The predicted molar refractivity (Wildman–Crippen MR) is 78.9 cm³/mol. The lowest BCUT2D eigenvalue weighted by atomic mass is 10.1. The molecule has 0 radical (unpaired) electrons. The summed E-state index contributed by atoms with van der Waals surface area (Å²) in [6.07, 6.45) is 0.739. The summed E-state index contributed by atoms with van der Waals surface area (Å²) in [5, 5.41) is 2.73. The van der Waals surface area contributed by atoms with Crippen molar-refractivity contribution in [1.82, 2.24) is 0 Å². The maximum atomic E-state index is 11.9. The van der Waals surface area contributed by atoms with Crippen LogP contribution in [-0.2, 0) is 0 Å². The summed E-state index contributed by atoms with van der Waals surface area (Å²) < 4.78 is 0.951. The topological polar surface area (TPSA) is 46.2 Å². The van der Waals surface area contributed by atoms with Crippen molar-refractivity contribution in [1.29, 1.82) is 0 Å². The number of nitrogens with one attached hydrogen (secondary N) is 1.